The highest BCUT2D eigenvalue weighted by molar-refractivity contribution is 5.85. The lowest BCUT2D eigenvalue weighted by Gasteiger charge is -2.18. The SMILES string of the molecule is CCCCCN(C)CCOc1ccccc1C(C)O.Cl. The molecule has 20 heavy (non-hydrogen) atoms. The van der Waals surface area contributed by atoms with Crippen molar-refractivity contribution in [3.05, 3.63) is 29.8 Å². The van der Waals surface area contributed by atoms with Crippen LogP contribution in [0.2, 0.25) is 0 Å². The van der Waals surface area contributed by atoms with Gasteiger partial charge in [-0.2, -0.15) is 0 Å². The Morgan fingerprint density at radius 3 is 2.55 bits per heavy atom. The summed E-state index contributed by atoms with van der Waals surface area (Å²) in [7, 11) is 2.12. The van der Waals surface area contributed by atoms with Crippen LogP contribution in [0.4, 0.5) is 0 Å². The largest absolute Gasteiger partial charge is 0.492 e. The van der Waals surface area contributed by atoms with Crippen LogP contribution in [0.25, 0.3) is 0 Å². The van der Waals surface area contributed by atoms with Crippen LogP contribution < -0.4 is 4.74 Å². The van der Waals surface area contributed by atoms with Gasteiger partial charge >= 0.3 is 0 Å². The molecule has 4 heteroatoms. The number of ether oxygens (including phenoxy) is 1. The molecule has 0 radical (unpaired) electrons. The molecule has 0 spiro atoms. The predicted octanol–water partition coefficient (Wildman–Crippen LogP) is 3.66. The Hall–Kier alpha value is -0.770. The second-order valence-electron chi connectivity index (χ2n) is 5.07. The minimum absolute atomic E-state index is 0. The smallest absolute Gasteiger partial charge is 0.125 e. The first-order valence-electron chi connectivity index (χ1n) is 7.23. The van der Waals surface area contributed by atoms with Crippen LogP contribution >= 0.6 is 12.4 Å². The molecule has 1 N–H and O–H groups in total. The molecule has 1 rings (SSSR count). The van der Waals surface area contributed by atoms with Gasteiger partial charge in [-0.1, -0.05) is 38.0 Å². The zero-order valence-corrected chi connectivity index (χ0v) is 13.7. The lowest BCUT2D eigenvalue weighted by molar-refractivity contribution is 0.186. The van der Waals surface area contributed by atoms with Crippen molar-refractivity contribution in [1.29, 1.82) is 0 Å². The molecule has 0 saturated carbocycles. The van der Waals surface area contributed by atoms with Crippen LogP contribution in [-0.4, -0.2) is 36.8 Å². The minimum Gasteiger partial charge on any atom is -0.492 e. The summed E-state index contributed by atoms with van der Waals surface area (Å²) in [6.45, 7) is 6.68. The molecule has 0 aliphatic heterocycles. The number of benzene rings is 1. The molecule has 0 bridgehead atoms. The molecule has 0 aliphatic rings. The highest BCUT2D eigenvalue weighted by Crippen LogP contribution is 2.24. The summed E-state index contributed by atoms with van der Waals surface area (Å²) in [5.41, 5.74) is 0.858. The zero-order chi connectivity index (χ0) is 14.1. The van der Waals surface area contributed by atoms with E-state index in [1.54, 1.807) is 6.92 Å². The zero-order valence-electron chi connectivity index (χ0n) is 12.8. The van der Waals surface area contributed by atoms with Crippen molar-refractivity contribution in [2.24, 2.45) is 0 Å². The van der Waals surface area contributed by atoms with Crippen LogP contribution in [0.15, 0.2) is 24.3 Å². The number of aliphatic hydroxyl groups excluding tert-OH is 1. The number of unbranched alkanes of at least 4 members (excludes halogenated alkanes) is 2. The molecule has 1 aromatic carbocycles. The molecule has 0 aromatic heterocycles. The van der Waals surface area contributed by atoms with Gasteiger partial charge in [0, 0.05) is 12.1 Å². The van der Waals surface area contributed by atoms with Crippen LogP contribution in [0.5, 0.6) is 5.75 Å². The van der Waals surface area contributed by atoms with E-state index in [0.29, 0.717) is 6.61 Å². The lowest BCUT2D eigenvalue weighted by Crippen LogP contribution is -2.25. The van der Waals surface area contributed by atoms with E-state index < -0.39 is 6.10 Å². The number of hydrogen-bond donors (Lipinski definition) is 1. The van der Waals surface area contributed by atoms with E-state index in [0.717, 1.165) is 24.4 Å². The molecule has 0 aliphatic carbocycles. The van der Waals surface area contributed by atoms with Gasteiger partial charge in [0.2, 0.25) is 0 Å². The molecular formula is C16H28ClNO2. The second kappa shape index (κ2) is 11.0. The van der Waals surface area contributed by atoms with E-state index in [9.17, 15) is 5.11 Å². The summed E-state index contributed by atoms with van der Waals surface area (Å²) in [6, 6.07) is 7.68. The van der Waals surface area contributed by atoms with E-state index in [1.807, 2.05) is 24.3 Å². The number of aliphatic hydroxyl groups is 1. The van der Waals surface area contributed by atoms with Crippen LogP contribution in [-0.2, 0) is 0 Å². The molecule has 0 fully saturated rings. The fourth-order valence-electron chi connectivity index (χ4n) is 2.01. The van der Waals surface area contributed by atoms with Crippen molar-refractivity contribution in [3.8, 4) is 5.75 Å². The topological polar surface area (TPSA) is 32.7 Å². The summed E-state index contributed by atoms with van der Waals surface area (Å²) < 4.78 is 5.77. The predicted molar refractivity (Wildman–Crippen MR) is 86.8 cm³/mol. The summed E-state index contributed by atoms with van der Waals surface area (Å²) in [4.78, 5) is 2.29. The van der Waals surface area contributed by atoms with E-state index in [4.69, 9.17) is 4.74 Å². The van der Waals surface area contributed by atoms with Gasteiger partial charge in [-0.15, -0.1) is 12.4 Å². The molecule has 0 saturated heterocycles. The molecule has 1 aromatic rings. The second-order valence-corrected chi connectivity index (χ2v) is 5.07. The third-order valence-corrected chi connectivity index (χ3v) is 3.24. The normalized spacial score (nSPS) is 12.1. The Balaban J connectivity index is 0.00000361. The first kappa shape index (κ1) is 19.2. The number of nitrogens with zero attached hydrogens (tertiary/aromatic N) is 1. The Morgan fingerprint density at radius 1 is 1.20 bits per heavy atom. The van der Waals surface area contributed by atoms with Gasteiger partial charge < -0.3 is 14.7 Å². The van der Waals surface area contributed by atoms with Gasteiger partial charge in [0.05, 0.1) is 6.10 Å². The third kappa shape index (κ3) is 7.13. The number of para-hydroxylation sites is 1. The van der Waals surface area contributed by atoms with Crippen LogP contribution in [0.3, 0.4) is 0 Å². The first-order valence-corrected chi connectivity index (χ1v) is 7.23. The molecule has 0 heterocycles. The maximum atomic E-state index is 9.67. The third-order valence-electron chi connectivity index (χ3n) is 3.24. The van der Waals surface area contributed by atoms with E-state index in [-0.39, 0.29) is 12.4 Å². The molecule has 3 nitrogen and oxygen atoms in total. The number of likely N-dealkylation sites (N-methyl/N-ethyl adjacent to an activating group) is 1. The maximum Gasteiger partial charge on any atom is 0.125 e. The van der Waals surface area contributed by atoms with Crippen molar-refractivity contribution >= 4 is 12.4 Å². The van der Waals surface area contributed by atoms with Crippen LogP contribution in [0.1, 0.15) is 44.8 Å². The van der Waals surface area contributed by atoms with Crippen molar-refractivity contribution in [2.45, 2.75) is 39.2 Å². The van der Waals surface area contributed by atoms with Crippen molar-refractivity contribution in [1.82, 2.24) is 4.90 Å². The Bertz CT molecular complexity index is 358. The lowest BCUT2D eigenvalue weighted by atomic mass is 10.1. The molecule has 116 valence electrons. The fourth-order valence-corrected chi connectivity index (χ4v) is 2.01. The average Bonchev–Trinajstić information content (AvgIpc) is 2.39. The standard InChI is InChI=1S/C16H27NO2.ClH/c1-4-5-8-11-17(3)12-13-19-16-10-7-6-9-15(16)14(2)18;/h6-7,9-10,14,18H,4-5,8,11-13H2,1-3H3;1H. The molecular weight excluding hydrogens is 274 g/mol. The fraction of sp³-hybridized carbons (Fsp3) is 0.625. The van der Waals surface area contributed by atoms with Gasteiger partial charge in [-0.05, 0) is 33.0 Å². The van der Waals surface area contributed by atoms with Gasteiger partial charge in [-0.3, -0.25) is 0 Å². The molecule has 1 atom stereocenters. The van der Waals surface area contributed by atoms with E-state index >= 15 is 0 Å². The monoisotopic (exact) mass is 301 g/mol. The van der Waals surface area contributed by atoms with Gasteiger partial charge in [0.15, 0.2) is 0 Å². The Labute approximate surface area is 129 Å². The highest BCUT2D eigenvalue weighted by Gasteiger charge is 2.08. The summed E-state index contributed by atoms with van der Waals surface area (Å²) in [5, 5.41) is 9.67. The maximum absolute atomic E-state index is 9.67. The average molecular weight is 302 g/mol. The van der Waals surface area contributed by atoms with Gasteiger partial charge in [0.25, 0.3) is 0 Å². The summed E-state index contributed by atoms with van der Waals surface area (Å²) in [6.07, 6.45) is 3.30. The van der Waals surface area contributed by atoms with Gasteiger partial charge in [0.1, 0.15) is 12.4 Å². The molecule has 1 unspecified atom stereocenters. The number of hydrogen-bond acceptors (Lipinski definition) is 3. The van der Waals surface area contributed by atoms with E-state index in [2.05, 4.69) is 18.9 Å². The van der Waals surface area contributed by atoms with Crippen molar-refractivity contribution in [2.75, 3.05) is 26.7 Å². The molecule has 0 amide bonds. The summed E-state index contributed by atoms with van der Waals surface area (Å²) >= 11 is 0. The Morgan fingerprint density at radius 2 is 1.90 bits per heavy atom. The van der Waals surface area contributed by atoms with E-state index in [1.165, 1.54) is 19.3 Å². The quantitative estimate of drug-likeness (QED) is 0.707. The van der Waals surface area contributed by atoms with Crippen molar-refractivity contribution < 1.29 is 9.84 Å². The van der Waals surface area contributed by atoms with Crippen LogP contribution in [0, 0.1) is 0 Å². The highest BCUT2D eigenvalue weighted by atomic mass is 35.5. The number of rotatable bonds is 9. The van der Waals surface area contributed by atoms with Gasteiger partial charge in [-0.25, -0.2) is 0 Å². The number of halogens is 1. The van der Waals surface area contributed by atoms with Crippen molar-refractivity contribution in [3.63, 3.8) is 0 Å². The Kier molecular flexibility index (Phi) is 10.5. The first-order chi connectivity index (χ1) is 9.15. The minimum atomic E-state index is -0.488. The summed E-state index contributed by atoms with van der Waals surface area (Å²) in [5.74, 6) is 0.791.